The topological polar surface area (TPSA) is 85.8 Å². The van der Waals surface area contributed by atoms with Gasteiger partial charge in [-0.2, -0.15) is 0 Å². The summed E-state index contributed by atoms with van der Waals surface area (Å²) >= 11 is 1.62. The summed E-state index contributed by atoms with van der Waals surface area (Å²) in [6, 6.07) is 7.66. The van der Waals surface area contributed by atoms with Crippen molar-refractivity contribution in [3.05, 3.63) is 48.8 Å². The van der Waals surface area contributed by atoms with Crippen molar-refractivity contribution >= 4 is 23.4 Å². The lowest BCUT2D eigenvalue weighted by molar-refractivity contribution is -0.116. The highest BCUT2D eigenvalue weighted by atomic mass is 32.2. The molecule has 1 aromatic carbocycles. The van der Waals surface area contributed by atoms with Crippen LogP contribution in [-0.4, -0.2) is 26.7 Å². The Bertz CT molecular complexity index is 625. The van der Waals surface area contributed by atoms with E-state index in [0.717, 1.165) is 16.3 Å². The number of aromatic nitrogens is 3. The number of hydrogen-bond acceptors (Lipinski definition) is 5. The molecule has 0 fully saturated rings. The first-order chi connectivity index (χ1) is 10.2. The van der Waals surface area contributed by atoms with E-state index in [1.165, 1.54) is 4.68 Å². The average molecular weight is 303 g/mol. The molecule has 1 amide bonds. The number of carbonyl (C=O) groups is 1. The molecule has 0 aliphatic carbocycles. The zero-order valence-corrected chi connectivity index (χ0v) is 12.3. The second-order valence-corrected chi connectivity index (χ2v) is 5.32. The van der Waals surface area contributed by atoms with Crippen LogP contribution in [0.4, 0.5) is 5.69 Å². The molecule has 0 unspecified atom stereocenters. The lowest BCUT2D eigenvalue weighted by Crippen LogP contribution is -2.19. The van der Waals surface area contributed by atoms with Crippen LogP contribution in [0.1, 0.15) is 5.69 Å². The minimum absolute atomic E-state index is 0.105. The second kappa shape index (κ2) is 7.61. The van der Waals surface area contributed by atoms with Gasteiger partial charge in [0.15, 0.2) is 0 Å². The number of rotatable bonds is 7. The number of hydrogen-bond donors (Lipinski definition) is 2. The third kappa shape index (κ3) is 4.44. The van der Waals surface area contributed by atoms with Crippen LogP contribution >= 0.6 is 11.8 Å². The molecule has 7 heteroatoms. The summed E-state index contributed by atoms with van der Waals surface area (Å²) in [5, 5.41) is 10.6. The van der Waals surface area contributed by atoms with Crippen molar-refractivity contribution in [3.63, 3.8) is 0 Å². The molecule has 2 aromatic rings. The quantitative estimate of drug-likeness (QED) is 0.600. The Morgan fingerprint density at radius 2 is 2.29 bits per heavy atom. The molecule has 1 heterocycles. The zero-order chi connectivity index (χ0) is 15.1. The molecular formula is C14H17N5OS. The van der Waals surface area contributed by atoms with Crippen LogP contribution in [-0.2, 0) is 17.9 Å². The summed E-state index contributed by atoms with van der Waals surface area (Å²) in [7, 11) is 0. The van der Waals surface area contributed by atoms with Gasteiger partial charge in [0.2, 0.25) is 5.91 Å². The van der Waals surface area contributed by atoms with Crippen molar-refractivity contribution in [2.75, 3.05) is 11.1 Å². The highest BCUT2D eigenvalue weighted by Crippen LogP contribution is 2.26. The normalized spacial score (nSPS) is 10.3. The number of nitrogens with one attached hydrogen (secondary N) is 1. The summed E-state index contributed by atoms with van der Waals surface area (Å²) in [5.74, 6) is 0.630. The molecular weight excluding hydrogens is 286 g/mol. The maximum atomic E-state index is 12.0. The van der Waals surface area contributed by atoms with Gasteiger partial charge in [-0.25, -0.2) is 4.68 Å². The highest BCUT2D eigenvalue weighted by molar-refractivity contribution is 7.99. The SMILES string of the molecule is C=CCSc1ccccc1NC(=O)Cn1cc(CN)nn1. The van der Waals surface area contributed by atoms with Crippen molar-refractivity contribution in [2.45, 2.75) is 18.0 Å². The lowest BCUT2D eigenvalue weighted by atomic mass is 10.3. The van der Waals surface area contributed by atoms with Gasteiger partial charge in [-0.1, -0.05) is 23.4 Å². The molecule has 0 aliphatic rings. The maximum absolute atomic E-state index is 12.0. The smallest absolute Gasteiger partial charge is 0.246 e. The number of para-hydroxylation sites is 1. The van der Waals surface area contributed by atoms with Gasteiger partial charge >= 0.3 is 0 Å². The Balaban J connectivity index is 2.00. The summed E-state index contributed by atoms with van der Waals surface area (Å²) in [5.41, 5.74) is 6.90. The molecule has 0 saturated heterocycles. The van der Waals surface area contributed by atoms with Gasteiger partial charge in [0.05, 0.1) is 17.6 Å². The predicted octanol–water partition coefficient (Wildman–Crippen LogP) is 1.65. The van der Waals surface area contributed by atoms with Crippen molar-refractivity contribution in [2.24, 2.45) is 5.73 Å². The maximum Gasteiger partial charge on any atom is 0.246 e. The number of carbonyl (C=O) groups excluding carboxylic acids is 1. The van der Waals surface area contributed by atoms with Crippen LogP contribution in [0.5, 0.6) is 0 Å². The highest BCUT2D eigenvalue weighted by Gasteiger charge is 2.08. The molecule has 3 N–H and O–H groups in total. The number of anilines is 1. The monoisotopic (exact) mass is 303 g/mol. The van der Waals surface area contributed by atoms with Crippen molar-refractivity contribution in [1.82, 2.24) is 15.0 Å². The average Bonchev–Trinajstić information content (AvgIpc) is 2.94. The first-order valence-electron chi connectivity index (χ1n) is 6.44. The standard InChI is InChI=1S/C14H17N5OS/c1-2-7-21-13-6-4-3-5-12(13)16-14(20)10-19-9-11(8-15)17-18-19/h2-6,9H,1,7-8,10,15H2,(H,16,20). The lowest BCUT2D eigenvalue weighted by Gasteiger charge is -2.09. The minimum atomic E-state index is -0.157. The largest absolute Gasteiger partial charge is 0.325 e. The first-order valence-corrected chi connectivity index (χ1v) is 7.43. The van der Waals surface area contributed by atoms with Gasteiger partial charge in [0.25, 0.3) is 0 Å². The summed E-state index contributed by atoms with van der Waals surface area (Å²) < 4.78 is 1.47. The molecule has 2 rings (SSSR count). The number of nitrogens with two attached hydrogens (primary N) is 1. The molecule has 0 spiro atoms. The van der Waals surface area contributed by atoms with Crippen LogP contribution in [0.15, 0.2) is 48.0 Å². The molecule has 0 saturated carbocycles. The summed E-state index contributed by atoms with van der Waals surface area (Å²) in [6.45, 7) is 4.11. The number of amides is 1. The number of thioether (sulfide) groups is 1. The van der Waals surface area contributed by atoms with E-state index in [4.69, 9.17) is 5.73 Å². The van der Waals surface area contributed by atoms with E-state index in [-0.39, 0.29) is 12.5 Å². The summed E-state index contributed by atoms with van der Waals surface area (Å²) in [4.78, 5) is 13.1. The van der Waals surface area contributed by atoms with E-state index < -0.39 is 0 Å². The Kier molecular flexibility index (Phi) is 5.53. The third-order valence-electron chi connectivity index (χ3n) is 2.62. The zero-order valence-electron chi connectivity index (χ0n) is 11.5. The van der Waals surface area contributed by atoms with Gasteiger partial charge < -0.3 is 11.1 Å². The van der Waals surface area contributed by atoms with Gasteiger partial charge in [0.1, 0.15) is 6.54 Å². The van der Waals surface area contributed by atoms with Gasteiger partial charge in [-0.15, -0.1) is 23.4 Å². The summed E-state index contributed by atoms with van der Waals surface area (Å²) in [6.07, 6.45) is 3.49. The van der Waals surface area contributed by atoms with Crippen LogP contribution < -0.4 is 11.1 Å². The fraction of sp³-hybridized carbons (Fsp3) is 0.214. The molecule has 6 nitrogen and oxygen atoms in total. The molecule has 110 valence electrons. The van der Waals surface area contributed by atoms with Gasteiger partial charge in [0, 0.05) is 17.2 Å². The molecule has 21 heavy (non-hydrogen) atoms. The van der Waals surface area contributed by atoms with E-state index in [0.29, 0.717) is 12.2 Å². The second-order valence-electron chi connectivity index (χ2n) is 4.26. The van der Waals surface area contributed by atoms with Crippen LogP contribution in [0.3, 0.4) is 0 Å². The van der Waals surface area contributed by atoms with Gasteiger partial charge in [-0.05, 0) is 12.1 Å². The third-order valence-corrected chi connectivity index (χ3v) is 3.69. The molecule has 0 radical (unpaired) electrons. The Hall–Kier alpha value is -2.12. The minimum Gasteiger partial charge on any atom is -0.325 e. The number of nitrogens with zero attached hydrogens (tertiary/aromatic N) is 3. The van der Waals surface area contributed by atoms with E-state index in [9.17, 15) is 4.79 Å². The fourth-order valence-electron chi connectivity index (χ4n) is 1.69. The van der Waals surface area contributed by atoms with Crippen LogP contribution in [0.25, 0.3) is 0 Å². The van der Waals surface area contributed by atoms with Crippen molar-refractivity contribution in [1.29, 1.82) is 0 Å². The van der Waals surface area contributed by atoms with E-state index >= 15 is 0 Å². The first kappa shape index (κ1) is 15.3. The Morgan fingerprint density at radius 3 is 3.00 bits per heavy atom. The van der Waals surface area contributed by atoms with Crippen molar-refractivity contribution < 1.29 is 4.79 Å². The van der Waals surface area contributed by atoms with Crippen LogP contribution in [0.2, 0.25) is 0 Å². The number of benzene rings is 1. The van der Waals surface area contributed by atoms with E-state index in [2.05, 4.69) is 22.2 Å². The molecule has 1 aromatic heterocycles. The molecule has 0 atom stereocenters. The van der Waals surface area contributed by atoms with Gasteiger partial charge in [-0.3, -0.25) is 4.79 Å². The van der Waals surface area contributed by atoms with E-state index in [1.807, 2.05) is 30.3 Å². The fourth-order valence-corrected chi connectivity index (χ4v) is 2.44. The van der Waals surface area contributed by atoms with Crippen LogP contribution in [0, 0.1) is 0 Å². The van der Waals surface area contributed by atoms with Crippen molar-refractivity contribution in [3.8, 4) is 0 Å². The molecule has 0 aliphatic heterocycles. The predicted molar refractivity (Wildman–Crippen MR) is 83.9 cm³/mol. The van der Waals surface area contributed by atoms with E-state index in [1.54, 1.807) is 18.0 Å². The molecule has 0 bridgehead atoms. The Morgan fingerprint density at radius 1 is 1.48 bits per heavy atom. The Labute approximate surface area is 127 Å².